The van der Waals surface area contributed by atoms with E-state index in [1.54, 1.807) is 0 Å². The van der Waals surface area contributed by atoms with E-state index >= 15 is 0 Å². The van der Waals surface area contributed by atoms with Gasteiger partial charge in [0.2, 0.25) is 0 Å². The Morgan fingerprint density at radius 1 is 1.44 bits per heavy atom. The zero-order valence-electron chi connectivity index (χ0n) is 11.2. The fraction of sp³-hybridized carbons (Fsp3) is 0.643. The molecule has 2 heterocycles. The van der Waals surface area contributed by atoms with Gasteiger partial charge in [0.1, 0.15) is 5.82 Å². The van der Waals surface area contributed by atoms with Crippen LogP contribution in [0.3, 0.4) is 0 Å². The highest BCUT2D eigenvalue weighted by Crippen LogP contribution is 2.20. The average Bonchev–Trinajstić information content (AvgIpc) is 2.80. The molecule has 0 bridgehead atoms. The van der Waals surface area contributed by atoms with Gasteiger partial charge in [-0.2, -0.15) is 0 Å². The molecule has 1 N–H and O–H groups in total. The molecule has 100 valence electrons. The Kier molecular flexibility index (Phi) is 5.01. The number of hydrogen-bond acceptors (Lipinski definition) is 3. The molecule has 3 nitrogen and oxygen atoms in total. The first-order valence-corrected chi connectivity index (χ1v) is 7.53. The van der Waals surface area contributed by atoms with Gasteiger partial charge in [0, 0.05) is 19.3 Å². The Morgan fingerprint density at radius 3 is 2.83 bits per heavy atom. The Balaban J connectivity index is 1.79. The maximum absolute atomic E-state index is 4.41. The van der Waals surface area contributed by atoms with Crippen molar-refractivity contribution in [3.8, 4) is 0 Å². The normalized spacial score (nSPS) is 17.9. The van der Waals surface area contributed by atoms with Crippen LogP contribution in [0.4, 0.5) is 5.82 Å². The topological polar surface area (TPSA) is 28.2 Å². The van der Waals surface area contributed by atoms with E-state index in [0.717, 1.165) is 16.8 Å². The minimum Gasteiger partial charge on any atom is -0.369 e. The Morgan fingerprint density at radius 2 is 2.17 bits per heavy atom. The van der Waals surface area contributed by atoms with Crippen molar-refractivity contribution < 1.29 is 0 Å². The number of nitrogens with one attached hydrogen (secondary N) is 1. The molecule has 1 aliphatic rings. The van der Waals surface area contributed by atoms with Gasteiger partial charge in [-0.1, -0.05) is 6.92 Å². The number of halogens is 1. The van der Waals surface area contributed by atoms with Crippen LogP contribution >= 0.6 is 15.9 Å². The van der Waals surface area contributed by atoms with Crippen molar-refractivity contribution in [1.82, 2.24) is 9.88 Å². The van der Waals surface area contributed by atoms with Crippen LogP contribution in [0.2, 0.25) is 0 Å². The van der Waals surface area contributed by atoms with Crippen molar-refractivity contribution >= 4 is 21.7 Å². The third kappa shape index (κ3) is 3.95. The predicted octanol–water partition coefficient (Wildman–Crippen LogP) is 3.30. The summed E-state index contributed by atoms with van der Waals surface area (Å²) in [5.41, 5.74) is 1.18. The van der Waals surface area contributed by atoms with Crippen LogP contribution in [-0.4, -0.2) is 36.1 Å². The lowest BCUT2D eigenvalue weighted by atomic mass is 10.1. The molecule has 2 rings (SSSR count). The number of aromatic nitrogens is 1. The van der Waals surface area contributed by atoms with E-state index in [9.17, 15) is 0 Å². The van der Waals surface area contributed by atoms with Crippen molar-refractivity contribution in [1.29, 1.82) is 0 Å². The minimum atomic E-state index is 0.651. The molecule has 1 aliphatic heterocycles. The van der Waals surface area contributed by atoms with Gasteiger partial charge in [0.15, 0.2) is 0 Å². The van der Waals surface area contributed by atoms with Crippen LogP contribution in [0.25, 0.3) is 0 Å². The van der Waals surface area contributed by atoms with Crippen molar-refractivity contribution in [2.75, 3.05) is 31.5 Å². The predicted molar refractivity (Wildman–Crippen MR) is 80.0 cm³/mol. The molecule has 1 aromatic heterocycles. The highest BCUT2D eigenvalue weighted by Gasteiger charge is 2.14. The van der Waals surface area contributed by atoms with Crippen LogP contribution in [0.5, 0.6) is 0 Å². The Labute approximate surface area is 118 Å². The van der Waals surface area contributed by atoms with E-state index < -0.39 is 0 Å². The molecule has 1 saturated heterocycles. The molecular weight excluding hydrogens is 290 g/mol. The molecule has 0 amide bonds. The summed E-state index contributed by atoms with van der Waals surface area (Å²) >= 11 is 3.55. The van der Waals surface area contributed by atoms with E-state index in [1.807, 2.05) is 6.20 Å². The molecule has 1 fully saturated rings. The highest BCUT2D eigenvalue weighted by molar-refractivity contribution is 9.10. The highest BCUT2D eigenvalue weighted by atomic mass is 79.9. The first-order chi connectivity index (χ1) is 8.65. The molecule has 18 heavy (non-hydrogen) atoms. The van der Waals surface area contributed by atoms with Crippen LogP contribution in [0, 0.1) is 12.8 Å². The summed E-state index contributed by atoms with van der Waals surface area (Å²) in [6.45, 7) is 9.07. The number of nitrogens with zero attached hydrogens (tertiary/aromatic N) is 2. The van der Waals surface area contributed by atoms with Gasteiger partial charge in [-0.3, -0.25) is 0 Å². The smallest absolute Gasteiger partial charge is 0.140 e. The van der Waals surface area contributed by atoms with Crippen molar-refractivity contribution in [2.45, 2.75) is 26.7 Å². The van der Waals surface area contributed by atoms with E-state index in [1.165, 1.54) is 38.0 Å². The van der Waals surface area contributed by atoms with Gasteiger partial charge < -0.3 is 10.2 Å². The van der Waals surface area contributed by atoms with Gasteiger partial charge in [-0.15, -0.1) is 0 Å². The summed E-state index contributed by atoms with van der Waals surface area (Å²) in [5.74, 6) is 1.60. The van der Waals surface area contributed by atoms with Gasteiger partial charge in [0.05, 0.1) is 4.47 Å². The monoisotopic (exact) mass is 311 g/mol. The first-order valence-electron chi connectivity index (χ1n) is 6.73. The summed E-state index contributed by atoms with van der Waals surface area (Å²) in [4.78, 5) is 6.97. The molecule has 0 saturated carbocycles. The third-order valence-electron chi connectivity index (χ3n) is 3.36. The summed E-state index contributed by atoms with van der Waals surface area (Å²) in [6.07, 6.45) is 4.63. The number of aryl methyl sites for hydroxylation is 1. The molecule has 4 heteroatoms. The molecule has 1 aromatic rings. The molecule has 1 atom stereocenters. The largest absolute Gasteiger partial charge is 0.369 e. The summed E-state index contributed by atoms with van der Waals surface area (Å²) in [6, 6.07) is 2.10. The zero-order valence-corrected chi connectivity index (χ0v) is 12.8. The lowest BCUT2D eigenvalue weighted by Crippen LogP contribution is -2.29. The van der Waals surface area contributed by atoms with Gasteiger partial charge in [0.25, 0.3) is 0 Å². The molecule has 1 unspecified atom stereocenters. The lowest BCUT2D eigenvalue weighted by molar-refractivity contribution is 0.294. The molecule has 0 spiro atoms. The fourth-order valence-electron chi connectivity index (χ4n) is 2.41. The first kappa shape index (κ1) is 13.8. The summed E-state index contributed by atoms with van der Waals surface area (Å²) in [7, 11) is 0. The van der Waals surface area contributed by atoms with E-state index in [-0.39, 0.29) is 0 Å². The minimum absolute atomic E-state index is 0.651. The van der Waals surface area contributed by atoms with Crippen LogP contribution in [-0.2, 0) is 0 Å². The van der Waals surface area contributed by atoms with E-state index in [4.69, 9.17) is 0 Å². The SMILES string of the molecule is Cc1cnc(NCC(C)CN2CCCC2)c(Br)c1. The number of likely N-dealkylation sites (tertiary alicyclic amines) is 1. The number of anilines is 1. The number of rotatable bonds is 5. The number of hydrogen-bond donors (Lipinski definition) is 1. The maximum atomic E-state index is 4.41. The second kappa shape index (κ2) is 6.53. The van der Waals surface area contributed by atoms with Crippen LogP contribution < -0.4 is 5.32 Å². The quantitative estimate of drug-likeness (QED) is 0.904. The molecular formula is C14H22BrN3. The fourth-order valence-corrected chi connectivity index (χ4v) is 3.01. The van der Waals surface area contributed by atoms with Crippen molar-refractivity contribution in [3.05, 3.63) is 22.3 Å². The van der Waals surface area contributed by atoms with Gasteiger partial charge in [-0.25, -0.2) is 4.98 Å². The lowest BCUT2D eigenvalue weighted by Gasteiger charge is -2.20. The maximum Gasteiger partial charge on any atom is 0.140 e. The second-order valence-electron chi connectivity index (χ2n) is 5.34. The second-order valence-corrected chi connectivity index (χ2v) is 6.19. The van der Waals surface area contributed by atoms with E-state index in [2.05, 4.69) is 51.0 Å². The zero-order chi connectivity index (χ0) is 13.0. The molecule has 0 aliphatic carbocycles. The molecule has 0 radical (unpaired) electrons. The van der Waals surface area contributed by atoms with E-state index in [0.29, 0.717) is 5.92 Å². The summed E-state index contributed by atoms with van der Waals surface area (Å²) < 4.78 is 1.05. The van der Waals surface area contributed by atoms with Crippen molar-refractivity contribution in [2.24, 2.45) is 5.92 Å². The van der Waals surface area contributed by atoms with Gasteiger partial charge >= 0.3 is 0 Å². The average molecular weight is 312 g/mol. The molecule has 0 aromatic carbocycles. The number of pyridine rings is 1. The standard InChI is InChI=1S/C14H22BrN3/c1-11-7-13(15)14(16-8-11)17-9-12(2)10-18-5-3-4-6-18/h7-8,12H,3-6,9-10H2,1-2H3,(H,16,17). The Hall–Kier alpha value is -0.610. The Bertz CT molecular complexity index is 389. The van der Waals surface area contributed by atoms with Crippen LogP contribution in [0.1, 0.15) is 25.3 Å². The third-order valence-corrected chi connectivity index (χ3v) is 3.97. The summed E-state index contributed by atoms with van der Waals surface area (Å²) in [5, 5.41) is 3.43. The van der Waals surface area contributed by atoms with Crippen LogP contribution in [0.15, 0.2) is 16.7 Å². The van der Waals surface area contributed by atoms with Gasteiger partial charge in [-0.05, 0) is 66.3 Å². The van der Waals surface area contributed by atoms with Crippen molar-refractivity contribution in [3.63, 3.8) is 0 Å².